The maximum absolute atomic E-state index is 12.4. The Bertz CT molecular complexity index is 719. The van der Waals surface area contributed by atoms with Gasteiger partial charge in [-0.1, -0.05) is 13.8 Å². The number of aromatic hydroxyl groups is 1. The summed E-state index contributed by atoms with van der Waals surface area (Å²) in [5, 5.41) is 13.7. The zero-order valence-corrected chi connectivity index (χ0v) is 12.4. The normalized spacial score (nSPS) is 12.8. The molecule has 0 saturated heterocycles. The average molecular weight is 288 g/mol. The highest BCUT2D eigenvalue weighted by Crippen LogP contribution is 2.25. The van der Waals surface area contributed by atoms with Gasteiger partial charge in [0.15, 0.2) is 5.78 Å². The molecule has 0 saturated carbocycles. The lowest BCUT2D eigenvalue weighted by Crippen LogP contribution is -2.34. The third kappa shape index (κ3) is 3.49. The molecule has 1 atom stereocenters. The molecule has 0 radical (unpaired) electrons. The number of pyridine rings is 1. The van der Waals surface area contributed by atoms with E-state index in [2.05, 4.69) is 10.3 Å². The molecule has 1 aromatic carbocycles. The summed E-state index contributed by atoms with van der Waals surface area (Å²) >= 11 is 0. The van der Waals surface area contributed by atoms with Gasteiger partial charge in [-0.3, -0.25) is 9.59 Å². The number of carbonyl (C=O) groups is 1. The first-order chi connectivity index (χ1) is 9.88. The molecule has 5 nitrogen and oxygen atoms in total. The van der Waals surface area contributed by atoms with Gasteiger partial charge in [-0.25, -0.2) is 0 Å². The van der Waals surface area contributed by atoms with Crippen LogP contribution >= 0.6 is 0 Å². The van der Waals surface area contributed by atoms with E-state index in [1.54, 1.807) is 12.1 Å². The first-order valence-electron chi connectivity index (χ1n) is 7.02. The Morgan fingerprint density at radius 1 is 1.24 bits per heavy atom. The number of carbonyl (C=O) groups excluding carboxylic acids is 1. The van der Waals surface area contributed by atoms with Crippen LogP contribution in [-0.2, 0) is 0 Å². The minimum atomic E-state index is -0.308. The fourth-order valence-electron chi connectivity index (χ4n) is 2.50. The van der Waals surface area contributed by atoms with Gasteiger partial charge in [0.2, 0.25) is 5.56 Å². The summed E-state index contributed by atoms with van der Waals surface area (Å²) in [5.41, 5.74) is 0.506. The van der Waals surface area contributed by atoms with Gasteiger partial charge in [-0.15, -0.1) is 0 Å². The number of nitrogens with one attached hydrogen (secondary N) is 2. The number of phenols is 1. The molecule has 0 amide bonds. The molecule has 2 rings (SSSR count). The summed E-state index contributed by atoms with van der Waals surface area (Å²) in [6, 6.07) is 6.33. The van der Waals surface area contributed by atoms with E-state index in [1.165, 1.54) is 12.1 Å². The number of ketones is 1. The molecule has 21 heavy (non-hydrogen) atoms. The second-order valence-corrected chi connectivity index (χ2v) is 5.59. The average Bonchev–Trinajstić information content (AvgIpc) is 2.38. The summed E-state index contributed by atoms with van der Waals surface area (Å²) in [6.07, 6.45) is 0.358. The third-order valence-electron chi connectivity index (χ3n) is 3.28. The predicted molar refractivity (Wildman–Crippen MR) is 82.9 cm³/mol. The number of fused-ring (bicyclic) bond motifs is 1. The van der Waals surface area contributed by atoms with Crippen molar-refractivity contribution in [3.8, 4) is 5.75 Å². The summed E-state index contributed by atoms with van der Waals surface area (Å²) in [7, 11) is 0. The van der Waals surface area contributed by atoms with E-state index in [1.807, 2.05) is 20.8 Å². The van der Waals surface area contributed by atoms with E-state index in [0.717, 1.165) is 0 Å². The lowest BCUT2D eigenvalue weighted by molar-refractivity contribution is 0.0972. The molecule has 0 aliphatic rings. The van der Waals surface area contributed by atoms with E-state index in [9.17, 15) is 14.7 Å². The Balaban J connectivity index is 2.36. The minimum absolute atomic E-state index is 0.0206. The van der Waals surface area contributed by atoms with E-state index in [0.29, 0.717) is 28.9 Å². The summed E-state index contributed by atoms with van der Waals surface area (Å²) in [5.74, 6) is -0.0553. The molecular formula is C16H20N2O3. The predicted octanol–water partition coefficient (Wildman–Crippen LogP) is 2.19. The largest absolute Gasteiger partial charge is 0.506 e. The maximum Gasteiger partial charge on any atom is 0.248 e. The van der Waals surface area contributed by atoms with Crippen LogP contribution in [0.15, 0.2) is 29.1 Å². The number of hydrogen-bond donors (Lipinski definition) is 3. The van der Waals surface area contributed by atoms with Crippen LogP contribution in [0.4, 0.5) is 0 Å². The van der Waals surface area contributed by atoms with Crippen molar-refractivity contribution in [3.05, 3.63) is 40.2 Å². The molecule has 0 aliphatic carbocycles. The molecular weight excluding hydrogens is 268 g/mol. The standard InChI is InChI=1S/C16H20N2O3/c1-9(2)17-10(3)8-14(20)11-4-6-13(19)16-12(11)5-7-15(21)18-16/h4-7,9-10,17,19H,8H2,1-3H3,(H,18,21). The number of aromatic nitrogens is 1. The zero-order valence-electron chi connectivity index (χ0n) is 12.4. The van der Waals surface area contributed by atoms with Crippen LogP contribution in [0.25, 0.3) is 10.9 Å². The molecule has 5 heteroatoms. The van der Waals surface area contributed by atoms with Gasteiger partial charge < -0.3 is 15.4 Å². The minimum Gasteiger partial charge on any atom is -0.506 e. The molecule has 112 valence electrons. The highest BCUT2D eigenvalue weighted by molar-refractivity contribution is 6.08. The van der Waals surface area contributed by atoms with E-state index >= 15 is 0 Å². The van der Waals surface area contributed by atoms with Crippen molar-refractivity contribution in [3.63, 3.8) is 0 Å². The Morgan fingerprint density at radius 2 is 1.95 bits per heavy atom. The highest BCUT2D eigenvalue weighted by Gasteiger charge is 2.16. The topological polar surface area (TPSA) is 82.2 Å². The van der Waals surface area contributed by atoms with E-state index in [4.69, 9.17) is 0 Å². The smallest absolute Gasteiger partial charge is 0.248 e. The summed E-state index contributed by atoms with van der Waals surface area (Å²) in [4.78, 5) is 26.4. The van der Waals surface area contributed by atoms with Crippen molar-refractivity contribution in [1.82, 2.24) is 10.3 Å². The molecule has 0 spiro atoms. The Morgan fingerprint density at radius 3 is 2.62 bits per heavy atom. The first-order valence-corrected chi connectivity index (χ1v) is 7.02. The van der Waals surface area contributed by atoms with Crippen LogP contribution in [0.2, 0.25) is 0 Å². The number of benzene rings is 1. The number of phenolic OH excluding ortho intramolecular Hbond substituents is 1. The lowest BCUT2D eigenvalue weighted by atomic mass is 9.99. The van der Waals surface area contributed by atoms with Gasteiger partial charge in [-0.2, -0.15) is 0 Å². The number of rotatable bonds is 5. The van der Waals surface area contributed by atoms with Gasteiger partial charge >= 0.3 is 0 Å². The Labute approximate surface area is 123 Å². The first kappa shape index (κ1) is 15.3. The maximum atomic E-state index is 12.4. The van der Waals surface area contributed by atoms with Crippen LogP contribution in [-0.4, -0.2) is 28.0 Å². The third-order valence-corrected chi connectivity index (χ3v) is 3.28. The highest BCUT2D eigenvalue weighted by atomic mass is 16.3. The fraction of sp³-hybridized carbons (Fsp3) is 0.375. The van der Waals surface area contributed by atoms with Gasteiger partial charge in [0, 0.05) is 35.5 Å². The van der Waals surface area contributed by atoms with Crippen molar-refractivity contribution in [1.29, 1.82) is 0 Å². The zero-order chi connectivity index (χ0) is 15.6. The van der Waals surface area contributed by atoms with Crippen molar-refractivity contribution in [2.45, 2.75) is 39.3 Å². The number of Topliss-reactive ketones (excluding diaryl/α,β-unsaturated/α-hetero) is 1. The summed E-state index contributed by atoms with van der Waals surface area (Å²) in [6.45, 7) is 6.02. The van der Waals surface area contributed by atoms with E-state index < -0.39 is 0 Å². The summed E-state index contributed by atoms with van der Waals surface area (Å²) < 4.78 is 0. The molecule has 1 heterocycles. The molecule has 1 aromatic heterocycles. The number of H-pyrrole nitrogens is 1. The van der Waals surface area contributed by atoms with Crippen LogP contribution in [0.5, 0.6) is 5.75 Å². The molecule has 3 N–H and O–H groups in total. The van der Waals surface area contributed by atoms with Crippen molar-refractivity contribution < 1.29 is 9.90 Å². The number of hydrogen-bond acceptors (Lipinski definition) is 4. The van der Waals surface area contributed by atoms with Gasteiger partial charge in [0.1, 0.15) is 5.75 Å². The fourth-order valence-corrected chi connectivity index (χ4v) is 2.50. The lowest BCUT2D eigenvalue weighted by Gasteiger charge is -2.16. The molecule has 1 unspecified atom stereocenters. The second kappa shape index (κ2) is 6.10. The van der Waals surface area contributed by atoms with Gasteiger partial charge in [0.25, 0.3) is 0 Å². The quantitative estimate of drug-likeness (QED) is 0.737. The monoisotopic (exact) mass is 288 g/mol. The number of aromatic amines is 1. The molecule has 0 bridgehead atoms. The Kier molecular flexibility index (Phi) is 4.43. The molecule has 0 fully saturated rings. The van der Waals surface area contributed by atoms with Crippen LogP contribution in [0.1, 0.15) is 37.6 Å². The second-order valence-electron chi connectivity index (χ2n) is 5.59. The van der Waals surface area contributed by atoms with Crippen LogP contribution in [0.3, 0.4) is 0 Å². The van der Waals surface area contributed by atoms with E-state index in [-0.39, 0.29) is 23.1 Å². The van der Waals surface area contributed by atoms with Crippen molar-refractivity contribution in [2.75, 3.05) is 0 Å². The van der Waals surface area contributed by atoms with Crippen molar-refractivity contribution >= 4 is 16.7 Å². The van der Waals surface area contributed by atoms with Gasteiger partial charge in [-0.05, 0) is 25.1 Å². The van der Waals surface area contributed by atoms with Gasteiger partial charge in [0.05, 0.1) is 5.52 Å². The van der Waals surface area contributed by atoms with Crippen molar-refractivity contribution in [2.24, 2.45) is 0 Å². The molecule has 2 aromatic rings. The SMILES string of the molecule is CC(C)NC(C)CC(=O)c1ccc(O)c2[nH]c(=O)ccc12. The van der Waals surface area contributed by atoms with Crippen LogP contribution in [0, 0.1) is 0 Å². The van der Waals surface area contributed by atoms with Crippen LogP contribution < -0.4 is 10.9 Å². The Hall–Kier alpha value is -2.14. The molecule has 0 aliphatic heterocycles.